The molecule has 244 valence electrons. The predicted molar refractivity (Wildman–Crippen MR) is 204 cm³/mol. The van der Waals surface area contributed by atoms with E-state index >= 15 is 0 Å². The average Bonchev–Trinajstić information content (AvgIpc) is 3.88. The summed E-state index contributed by atoms with van der Waals surface area (Å²) < 4.78 is 19.1. The monoisotopic (exact) mass is 661 g/mol. The SMILES string of the molecule is c1ccc(C2NC(c3ccc4oc5ccccc5c4c3)NC(c3cccc4c3oc3ccc(-c5cccc6oc7ccccc7c56)cc34)N2)cc1. The summed E-state index contributed by atoms with van der Waals surface area (Å²) in [5, 5.41) is 18.2. The zero-order valence-corrected chi connectivity index (χ0v) is 27.4. The summed E-state index contributed by atoms with van der Waals surface area (Å²) >= 11 is 0. The Balaban J connectivity index is 1.03. The molecule has 1 saturated heterocycles. The third-order valence-electron chi connectivity index (χ3n) is 10.4. The number of furan rings is 3. The topological polar surface area (TPSA) is 75.5 Å². The molecule has 0 bridgehead atoms. The second-order valence-corrected chi connectivity index (χ2v) is 13.4. The molecule has 11 rings (SSSR count). The molecule has 4 heterocycles. The van der Waals surface area contributed by atoms with Gasteiger partial charge in [-0.15, -0.1) is 0 Å². The summed E-state index contributed by atoms with van der Waals surface area (Å²) in [6.45, 7) is 0. The van der Waals surface area contributed by atoms with Crippen molar-refractivity contribution in [3.05, 3.63) is 168 Å². The Kier molecular flexibility index (Phi) is 6.27. The molecule has 1 aliphatic rings. The molecule has 3 aromatic heterocycles. The van der Waals surface area contributed by atoms with E-state index in [1.165, 1.54) is 0 Å². The van der Waals surface area contributed by atoms with Crippen LogP contribution < -0.4 is 16.0 Å². The van der Waals surface area contributed by atoms with Crippen LogP contribution in [0.3, 0.4) is 0 Å². The van der Waals surface area contributed by atoms with Gasteiger partial charge in [0.25, 0.3) is 0 Å². The van der Waals surface area contributed by atoms with Gasteiger partial charge < -0.3 is 13.3 Å². The summed E-state index contributed by atoms with van der Waals surface area (Å²) in [7, 11) is 0. The van der Waals surface area contributed by atoms with Gasteiger partial charge >= 0.3 is 0 Å². The summed E-state index contributed by atoms with van der Waals surface area (Å²) in [5.41, 5.74) is 10.9. The zero-order chi connectivity index (χ0) is 33.5. The molecule has 51 heavy (non-hydrogen) atoms. The van der Waals surface area contributed by atoms with Crippen LogP contribution in [0.25, 0.3) is 76.9 Å². The normalized spacial score (nSPS) is 18.2. The summed E-state index contributed by atoms with van der Waals surface area (Å²) in [6, 6.07) is 52.7. The standard InChI is InChI=1S/C45H31N3O3/c1-2-10-26(11-3-1)43-46-44(28-21-23-38-34(25-28)30-12-4-6-17-36(30)49-38)48-45(47-43)33-16-8-15-31-35-24-27(20-22-39(35)51-42(31)33)29-14-9-19-40-41(29)32-13-5-7-18-37(32)50-40/h1-25,43-48H. The Bertz CT molecular complexity index is 2940. The van der Waals surface area contributed by atoms with Crippen molar-refractivity contribution in [2.45, 2.75) is 18.5 Å². The van der Waals surface area contributed by atoms with Crippen LogP contribution in [0.1, 0.15) is 35.2 Å². The largest absolute Gasteiger partial charge is 0.456 e. The fraction of sp³-hybridized carbons (Fsp3) is 0.0667. The van der Waals surface area contributed by atoms with Crippen LogP contribution in [-0.4, -0.2) is 0 Å². The van der Waals surface area contributed by atoms with Crippen molar-refractivity contribution >= 4 is 65.8 Å². The van der Waals surface area contributed by atoms with Gasteiger partial charge in [-0.25, -0.2) is 0 Å². The van der Waals surface area contributed by atoms with Crippen molar-refractivity contribution in [3.63, 3.8) is 0 Å². The maximum absolute atomic E-state index is 6.72. The molecule has 0 aliphatic carbocycles. The number of benzene rings is 7. The van der Waals surface area contributed by atoms with E-state index in [0.717, 1.165) is 93.6 Å². The second kappa shape index (κ2) is 11.2. The number of fused-ring (bicyclic) bond motifs is 9. The molecule has 1 aliphatic heterocycles. The number of nitrogens with one attached hydrogen (secondary N) is 3. The van der Waals surface area contributed by atoms with E-state index in [2.05, 4.69) is 137 Å². The first-order chi connectivity index (χ1) is 25.2. The van der Waals surface area contributed by atoms with E-state index in [0.29, 0.717) is 0 Å². The highest BCUT2D eigenvalue weighted by molar-refractivity contribution is 6.14. The van der Waals surface area contributed by atoms with Crippen molar-refractivity contribution in [1.29, 1.82) is 0 Å². The van der Waals surface area contributed by atoms with Gasteiger partial charge in [-0.3, -0.25) is 16.0 Å². The molecule has 6 nitrogen and oxygen atoms in total. The number of para-hydroxylation sites is 3. The molecule has 3 atom stereocenters. The Morgan fingerprint density at radius 2 is 0.980 bits per heavy atom. The van der Waals surface area contributed by atoms with E-state index < -0.39 is 0 Å². The molecule has 0 spiro atoms. The third kappa shape index (κ3) is 4.55. The summed E-state index contributed by atoms with van der Waals surface area (Å²) in [4.78, 5) is 0. The lowest BCUT2D eigenvalue weighted by Crippen LogP contribution is -2.54. The van der Waals surface area contributed by atoms with Gasteiger partial charge in [0.1, 0.15) is 33.5 Å². The molecule has 3 unspecified atom stereocenters. The first-order valence-corrected chi connectivity index (χ1v) is 17.4. The molecule has 0 saturated carbocycles. The average molecular weight is 662 g/mol. The first kappa shape index (κ1) is 28.6. The number of hydrogen-bond acceptors (Lipinski definition) is 6. The molecule has 7 aromatic carbocycles. The van der Waals surface area contributed by atoms with E-state index in [-0.39, 0.29) is 18.5 Å². The molecule has 3 N–H and O–H groups in total. The van der Waals surface area contributed by atoms with Crippen molar-refractivity contribution in [3.8, 4) is 11.1 Å². The Morgan fingerprint density at radius 3 is 1.86 bits per heavy atom. The van der Waals surface area contributed by atoms with E-state index in [1.54, 1.807) is 0 Å². The van der Waals surface area contributed by atoms with Crippen molar-refractivity contribution in [1.82, 2.24) is 16.0 Å². The Labute approximate surface area is 292 Å². The fourth-order valence-corrected chi connectivity index (χ4v) is 8.01. The minimum atomic E-state index is -0.215. The summed E-state index contributed by atoms with van der Waals surface area (Å²) in [6.07, 6.45) is -0.486. The molecule has 0 amide bonds. The lowest BCUT2D eigenvalue weighted by Gasteiger charge is -2.39. The number of rotatable bonds is 4. The van der Waals surface area contributed by atoms with Crippen LogP contribution in [0.5, 0.6) is 0 Å². The first-order valence-electron chi connectivity index (χ1n) is 17.4. The van der Waals surface area contributed by atoms with Crippen molar-refractivity contribution in [2.75, 3.05) is 0 Å². The second-order valence-electron chi connectivity index (χ2n) is 13.4. The molecule has 1 fully saturated rings. The minimum absolute atomic E-state index is 0.115. The Morgan fingerprint density at radius 1 is 0.373 bits per heavy atom. The van der Waals surface area contributed by atoms with Crippen LogP contribution in [-0.2, 0) is 0 Å². The van der Waals surface area contributed by atoms with Crippen molar-refractivity contribution < 1.29 is 13.3 Å². The van der Waals surface area contributed by atoms with Crippen LogP contribution in [0.2, 0.25) is 0 Å². The molecule has 0 radical (unpaired) electrons. The lowest BCUT2D eigenvalue weighted by molar-refractivity contribution is 0.203. The highest BCUT2D eigenvalue weighted by Gasteiger charge is 2.32. The molecular weight excluding hydrogens is 631 g/mol. The minimum Gasteiger partial charge on any atom is -0.456 e. The third-order valence-corrected chi connectivity index (χ3v) is 10.4. The maximum Gasteiger partial charge on any atom is 0.141 e. The van der Waals surface area contributed by atoms with Gasteiger partial charge in [-0.2, -0.15) is 0 Å². The van der Waals surface area contributed by atoms with Gasteiger partial charge in [0.15, 0.2) is 0 Å². The molecule has 6 heteroatoms. The van der Waals surface area contributed by atoms with Gasteiger partial charge in [0.05, 0.1) is 18.5 Å². The van der Waals surface area contributed by atoms with Crippen LogP contribution in [0.4, 0.5) is 0 Å². The van der Waals surface area contributed by atoms with E-state index in [9.17, 15) is 0 Å². The highest BCUT2D eigenvalue weighted by atomic mass is 16.3. The lowest BCUT2D eigenvalue weighted by atomic mass is 9.97. The molecule has 10 aromatic rings. The van der Waals surface area contributed by atoms with Crippen LogP contribution in [0, 0.1) is 0 Å². The maximum atomic E-state index is 6.72. The molecular formula is C45H31N3O3. The summed E-state index contributed by atoms with van der Waals surface area (Å²) in [5.74, 6) is 0. The number of hydrogen-bond donors (Lipinski definition) is 3. The van der Waals surface area contributed by atoms with Gasteiger partial charge in [-0.05, 0) is 64.7 Å². The smallest absolute Gasteiger partial charge is 0.141 e. The van der Waals surface area contributed by atoms with Crippen LogP contribution >= 0.6 is 0 Å². The fourth-order valence-electron chi connectivity index (χ4n) is 8.01. The van der Waals surface area contributed by atoms with Crippen LogP contribution in [0.15, 0.2) is 165 Å². The van der Waals surface area contributed by atoms with E-state index in [1.807, 2.05) is 30.3 Å². The Hall–Kier alpha value is -6.18. The highest BCUT2D eigenvalue weighted by Crippen LogP contribution is 2.41. The zero-order valence-electron chi connectivity index (χ0n) is 27.4. The van der Waals surface area contributed by atoms with Gasteiger partial charge in [-0.1, -0.05) is 109 Å². The van der Waals surface area contributed by atoms with Gasteiger partial charge in [0, 0.05) is 37.9 Å². The van der Waals surface area contributed by atoms with Gasteiger partial charge in [0.2, 0.25) is 0 Å². The quantitative estimate of drug-likeness (QED) is 0.174. The predicted octanol–water partition coefficient (Wildman–Crippen LogP) is 11.2. The van der Waals surface area contributed by atoms with Crippen molar-refractivity contribution in [2.24, 2.45) is 0 Å². The van der Waals surface area contributed by atoms with E-state index in [4.69, 9.17) is 13.3 Å².